The number of aromatic nitrogens is 2. The average Bonchev–Trinajstić information content (AvgIpc) is 2.73. The molecule has 1 heterocycles. The predicted molar refractivity (Wildman–Crippen MR) is 79.6 cm³/mol. The summed E-state index contributed by atoms with van der Waals surface area (Å²) in [5.41, 5.74) is 10.1. The molecule has 0 saturated heterocycles. The Bertz CT molecular complexity index is 608. The van der Waals surface area contributed by atoms with Crippen LogP contribution in [-0.4, -0.2) is 22.2 Å². The minimum atomic E-state index is -0.0415. The van der Waals surface area contributed by atoms with Gasteiger partial charge in [-0.15, -0.1) is 0 Å². The number of nitrogens with zero attached hydrogens (tertiary/aromatic N) is 2. The highest BCUT2D eigenvalue weighted by molar-refractivity contribution is 5.97. The van der Waals surface area contributed by atoms with Crippen LogP contribution in [0.5, 0.6) is 0 Å². The molecule has 1 aromatic heterocycles. The van der Waals surface area contributed by atoms with Crippen molar-refractivity contribution in [3.63, 3.8) is 0 Å². The number of rotatable bonds is 4. The lowest BCUT2D eigenvalue weighted by molar-refractivity contribution is 0.0950. The first-order valence-electron chi connectivity index (χ1n) is 6.61. The van der Waals surface area contributed by atoms with Gasteiger partial charge in [0.2, 0.25) is 0 Å². The van der Waals surface area contributed by atoms with Crippen molar-refractivity contribution in [3.8, 4) is 0 Å². The lowest BCUT2D eigenvalue weighted by Crippen LogP contribution is -2.28. The van der Waals surface area contributed by atoms with Crippen molar-refractivity contribution >= 4 is 11.6 Å². The van der Waals surface area contributed by atoms with Gasteiger partial charge in [0.15, 0.2) is 0 Å². The number of hydrogen-bond acceptors (Lipinski definition) is 3. The molecule has 2 rings (SSSR count). The third-order valence-corrected chi connectivity index (χ3v) is 3.18. The molecule has 3 N–H and O–H groups in total. The molecule has 0 atom stereocenters. The minimum absolute atomic E-state index is 0.0415. The van der Waals surface area contributed by atoms with Gasteiger partial charge in [-0.3, -0.25) is 9.48 Å². The van der Waals surface area contributed by atoms with Crippen molar-refractivity contribution in [2.45, 2.75) is 27.3 Å². The van der Waals surface area contributed by atoms with Crippen LogP contribution in [0.25, 0.3) is 0 Å². The number of carbonyl (C=O) groups is 1. The van der Waals surface area contributed by atoms with Gasteiger partial charge >= 0.3 is 0 Å². The van der Waals surface area contributed by atoms with Crippen LogP contribution in [0.15, 0.2) is 24.5 Å². The Morgan fingerprint density at radius 1 is 1.30 bits per heavy atom. The quantitative estimate of drug-likeness (QED) is 0.891. The number of hydrogen-bond donors (Lipinski definition) is 2. The van der Waals surface area contributed by atoms with E-state index < -0.39 is 0 Å². The largest absolute Gasteiger partial charge is 0.396 e. The zero-order valence-corrected chi connectivity index (χ0v) is 12.1. The van der Waals surface area contributed by atoms with E-state index in [2.05, 4.69) is 10.4 Å². The molecule has 5 nitrogen and oxygen atoms in total. The minimum Gasteiger partial charge on any atom is -0.396 e. The van der Waals surface area contributed by atoms with Gasteiger partial charge < -0.3 is 11.1 Å². The number of anilines is 1. The molecular weight excluding hydrogens is 252 g/mol. The van der Waals surface area contributed by atoms with Gasteiger partial charge in [0.25, 0.3) is 5.91 Å². The van der Waals surface area contributed by atoms with Gasteiger partial charge in [-0.1, -0.05) is 17.7 Å². The molecular formula is C15H20N4O. The topological polar surface area (TPSA) is 72.9 Å². The van der Waals surface area contributed by atoms with E-state index in [4.69, 9.17) is 5.73 Å². The lowest BCUT2D eigenvalue weighted by atomic mass is 9.99. The number of aryl methyl sites for hydroxylation is 3. The summed E-state index contributed by atoms with van der Waals surface area (Å²) in [7, 11) is 0. The second kappa shape index (κ2) is 5.77. The number of benzene rings is 1. The van der Waals surface area contributed by atoms with Gasteiger partial charge in [0.1, 0.15) is 0 Å². The van der Waals surface area contributed by atoms with Crippen LogP contribution in [0.1, 0.15) is 27.0 Å². The molecule has 0 aliphatic rings. The summed E-state index contributed by atoms with van der Waals surface area (Å²) in [5.74, 6) is -0.0415. The smallest absolute Gasteiger partial charge is 0.251 e. The Balaban J connectivity index is 1.98. The van der Waals surface area contributed by atoms with Crippen molar-refractivity contribution < 1.29 is 4.79 Å². The third-order valence-electron chi connectivity index (χ3n) is 3.18. The van der Waals surface area contributed by atoms with Crippen molar-refractivity contribution in [1.82, 2.24) is 15.1 Å². The fourth-order valence-corrected chi connectivity index (χ4v) is 2.41. The monoisotopic (exact) mass is 272 g/mol. The Labute approximate surface area is 118 Å². The molecule has 0 unspecified atom stereocenters. The van der Waals surface area contributed by atoms with Crippen LogP contribution in [0.4, 0.5) is 5.69 Å². The summed E-state index contributed by atoms with van der Waals surface area (Å²) in [6.45, 7) is 7.08. The van der Waals surface area contributed by atoms with Crippen molar-refractivity contribution in [2.24, 2.45) is 0 Å². The molecule has 106 valence electrons. The highest BCUT2D eigenvalue weighted by Crippen LogP contribution is 2.16. The zero-order chi connectivity index (χ0) is 14.7. The highest BCUT2D eigenvalue weighted by atomic mass is 16.1. The normalized spacial score (nSPS) is 10.6. The van der Waals surface area contributed by atoms with E-state index in [0.717, 1.165) is 16.7 Å². The summed E-state index contributed by atoms with van der Waals surface area (Å²) in [5, 5.41) is 6.99. The fourth-order valence-electron chi connectivity index (χ4n) is 2.41. The highest BCUT2D eigenvalue weighted by Gasteiger charge is 2.12. The van der Waals surface area contributed by atoms with Gasteiger partial charge in [0.05, 0.1) is 18.4 Å². The van der Waals surface area contributed by atoms with E-state index in [0.29, 0.717) is 18.8 Å². The molecule has 0 fully saturated rings. The molecule has 1 amide bonds. The summed E-state index contributed by atoms with van der Waals surface area (Å²) in [6.07, 6.45) is 3.34. The number of nitrogens with one attached hydrogen (secondary N) is 1. The lowest BCUT2D eigenvalue weighted by Gasteiger charge is -2.11. The molecule has 1 aromatic carbocycles. The van der Waals surface area contributed by atoms with E-state index >= 15 is 0 Å². The van der Waals surface area contributed by atoms with Crippen LogP contribution in [0.3, 0.4) is 0 Å². The Hall–Kier alpha value is -2.30. The van der Waals surface area contributed by atoms with E-state index in [1.165, 1.54) is 5.56 Å². The number of carbonyl (C=O) groups excluding carboxylic acids is 1. The van der Waals surface area contributed by atoms with Gasteiger partial charge in [0, 0.05) is 18.3 Å². The Morgan fingerprint density at radius 3 is 2.50 bits per heavy atom. The van der Waals surface area contributed by atoms with Crippen LogP contribution < -0.4 is 11.1 Å². The van der Waals surface area contributed by atoms with Crippen LogP contribution in [-0.2, 0) is 6.54 Å². The van der Waals surface area contributed by atoms with E-state index in [1.54, 1.807) is 17.1 Å². The van der Waals surface area contributed by atoms with Crippen LogP contribution in [0, 0.1) is 20.8 Å². The Morgan fingerprint density at radius 2 is 1.95 bits per heavy atom. The summed E-state index contributed by atoms with van der Waals surface area (Å²) in [6, 6.07) is 4.05. The standard InChI is InChI=1S/C15H20N4O/c1-10-6-11(2)14(12(3)7-10)15(20)17-4-5-19-9-13(16)8-18-19/h6-9H,4-5,16H2,1-3H3,(H,17,20). The average molecular weight is 272 g/mol. The number of nitrogen functional groups attached to an aromatic ring is 1. The van der Waals surface area contributed by atoms with Gasteiger partial charge in [-0.2, -0.15) is 5.10 Å². The van der Waals surface area contributed by atoms with Crippen LogP contribution >= 0.6 is 0 Å². The van der Waals surface area contributed by atoms with Crippen LogP contribution in [0.2, 0.25) is 0 Å². The molecule has 0 saturated carbocycles. The maximum absolute atomic E-state index is 12.2. The van der Waals surface area contributed by atoms with E-state index in [1.807, 2.05) is 32.9 Å². The fraction of sp³-hybridized carbons (Fsp3) is 0.333. The maximum Gasteiger partial charge on any atom is 0.251 e. The second-order valence-corrected chi connectivity index (χ2v) is 5.07. The molecule has 0 aliphatic heterocycles. The van der Waals surface area contributed by atoms with Crippen molar-refractivity contribution in [1.29, 1.82) is 0 Å². The van der Waals surface area contributed by atoms with Gasteiger partial charge in [-0.05, 0) is 31.9 Å². The first-order valence-corrected chi connectivity index (χ1v) is 6.61. The number of amides is 1. The summed E-state index contributed by atoms with van der Waals surface area (Å²) < 4.78 is 1.71. The van der Waals surface area contributed by atoms with Crippen molar-refractivity contribution in [2.75, 3.05) is 12.3 Å². The summed E-state index contributed by atoms with van der Waals surface area (Å²) in [4.78, 5) is 12.2. The molecule has 0 spiro atoms. The molecule has 5 heteroatoms. The van der Waals surface area contributed by atoms with E-state index in [9.17, 15) is 4.79 Å². The molecule has 20 heavy (non-hydrogen) atoms. The van der Waals surface area contributed by atoms with Gasteiger partial charge in [-0.25, -0.2) is 0 Å². The molecule has 0 radical (unpaired) electrons. The van der Waals surface area contributed by atoms with Crippen molar-refractivity contribution in [3.05, 3.63) is 46.8 Å². The maximum atomic E-state index is 12.2. The first-order chi connectivity index (χ1) is 9.47. The second-order valence-electron chi connectivity index (χ2n) is 5.07. The molecule has 0 aliphatic carbocycles. The zero-order valence-electron chi connectivity index (χ0n) is 12.1. The molecule has 0 bridgehead atoms. The predicted octanol–water partition coefficient (Wildman–Crippen LogP) is 1.82. The molecule has 2 aromatic rings. The SMILES string of the molecule is Cc1cc(C)c(C(=O)NCCn2cc(N)cn2)c(C)c1. The first kappa shape index (κ1) is 14.1. The third kappa shape index (κ3) is 3.17. The number of nitrogens with two attached hydrogens (primary N) is 1. The van der Waals surface area contributed by atoms with E-state index in [-0.39, 0.29) is 5.91 Å². The summed E-state index contributed by atoms with van der Waals surface area (Å²) >= 11 is 0. The Kier molecular flexibility index (Phi) is 4.08.